The molecule has 3 heteroatoms. The molecule has 0 radical (unpaired) electrons. The Labute approximate surface area is 110 Å². The first-order valence-electron chi connectivity index (χ1n) is 6.43. The van der Waals surface area contributed by atoms with Crippen molar-refractivity contribution >= 4 is 0 Å². The van der Waals surface area contributed by atoms with Crippen LogP contribution < -0.4 is 10.1 Å². The van der Waals surface area contributed by atoms with Crippen LogP contribution in [0.25, 0.3) is 0 Å². The minimum absolute atomic E-state index is 0.101. The number of nitrogens with one attached hydrogen (secondary N) is 1. The average molecular weight is 246 g/mol. The van der Waals surface area contributed by atoms with Crippen LogP contribution in [0.2, 0.25) is 0 Å². The summed E-state index contributed by atoms with van der Waals surface area (Å²) in [6, 6.07) is 9.81. The number of benzene rings is 1. The first kappa shape index (κ1) is 14.5. The summed E-state index contributed by atoms with van der Waals surface area (Å²) in [6.07, 6.45) is 0. The van der Waals surface area contributed by atoms with Gasteiger partial charge in [-0.15, -0.1) is 0 Å². The highest BCUT2D eigenvalue weighted by atomic mass is 16.5. The zero-order valence-electron chi connectivity index (χ0n) is 11.4. The third-order valence-electron chi connectivity index (χ3n) is 3.16. The zero-order chi connectivity index (χ0) is 13.4. The molecule has 3 nitrogen and oxygen atoms in total. The van der Waals surface area contributed by atoms with Gasteiger partial charge in [-0.3, -0.25) is 0 Å². The second kappa shape index (κ2) is 7.73. The lowest BCUT2D eigenvalue weighted by Gasteiger charge is -2.16. The minimum atomic E-state index is 0.101. The fourth-order valence-electron chi connectivity index (χ4n) is 1.50. The third kappa shape index (κ3) is 5.20. The molecule has 1 atom stereocenters. The van der Waals surface area contributed by atoms with Gasteiger partial charge in [-0.25, -0.2) is 0 Å². The van der Waals surface area contributed by atoms with Gasteiger partial charge in [-0.1, -0.05) is 32.9 Å². The molecule has 0 heterocycles. The highest BCUT2D eigenvalue weighted by Crippen LogP contribution is 2.12. The monoisotopic (exact) mass is 246 g/mol. The maximum absolute atomic E-state index is 8.41. The summed E-state index contributed by atoms with van der Waals surface area (Å²) in [5, 5.41) is 11.9. The fourth-order valence-corrected chi connectivity index (χ4v) is 1.50. The number of hydrogen-bond acceptors (Lipinski definition) is 3. The van der Waals surface area contributed by atoms with E-state index >= 15 is 0 Å². The lowest BCUT2D eigenvalue weighted by Crippen LogP contribution is -2.23. The summed E-state index contributed by atoms with van der Waals surface area (Å²) in [4.78, 5) is 0. The predicted octanol–water partition coefficient (Wildman–Crippen LogP) is 2.97. The van der Waals surface area contributed by atoms with Gasteiger partial charge in [-0.2, -0.15) is 5.26 Å². The van der Waals surface area contributed by atoms with E-state index in [1.165, 1.54) is 5.56 Å². The molecule has 1 N–H and O–H groups in total. The zero-order valence-corrected chi connectivity index (χ0v) is 11.4. The quantitative estimate of drug-likeness (QED) is 0.804. The Bertz CT molecular complexity index is 378. The van der Waals surface area contributed by atoms with E-state index in [1.807, 2.05) is 30.3 Å². The van der Waals surface area contributed by atoms with Crippen LogP contribution >= 0.6 is 0 Å². The number of rotatable bonds is 7. The molecular formula is C15H22N2O. The van der Waals surface area contributed by atoms with Gasteiger partial charge in [0.05, 0.1) is 0 Å². The molecule has 0 spiro atoms. The Kier molecular flexibility index (Phi) is 6.24. The van der Waals surface area contributed by atoms with E-state index in [1.54, 1.807) is 0 Å². The molecule has 0 aliphatic heterocycles. The van der Waals surface area contributed by atoms with Crippen molar-refractivity contribution in [1.82, 2.24) is 5.32 Å². The van der Waals surface area contributed by atoms with Crippen molar-refractivity contribution in [1.29, 1.82) is 5.26 Å². The van der Waals surface area contributed by atoms with E-state index in [2.05, 4.69) is 26.1 Å². The van der Waals surface area contributed by atoms with Gasteiger partial charge in [0, 0.05) is 6.54 Å². The molecule has 0 bridgehead atoms. The second-order valence-electron chi connectivity index (χ2n) is 4.94. The van der Waals surface area contributed by atoms with Crippen LogP contribution in [-0.4, -0.2) is 13.2 Å². The molecule has 1 aromatic rings. The van der Waals surface area contributed by atoms with Crippen LogP contribution in [-0.2, 0) is 6.54 Å². The Morgan fingerprint density at radius 1 is 1.22 bits per heavy atom. The smallest absolute Gasteiger partial charge is 0.174 e. The van der Waals surface area contributed by atoms with E-state index in [9.17, 15) is 0 Å². The summed E-state index contributed by atoms with van der Waals surface area (Å²) in [5.74, 6) is 2.14. The van der Waals surface area contributed by atoms with Crippen molar-refractivity contribution in [3.63, 3.8) is 0 Å². The Morgan fingerprint density at radius 3 is 2.44 bits per heavy atom. The summed E-state index contributed by atoms with van der Waals surface area (Å²) in [6.45, 7) is 8.75. The summed E-state index contributed by atoms with van der Waals surface area (Å²) < 4.78 is 5.20. The van der Waals surface area contributed by atoms with Crippen molar-refractivity contribution in [2.75, 3.05) is 13.2 Å². The molecule has 0 aliphatic carbocycles. The maximum Gasteiger partial charge on any atom is 0.174 e. The summed E-state index contributed by atoms with van der Waals surface area (Å²) in [7, 11) is 0. The largest absolute Gasteiger partial charge is 0.479 e. The topological polar surface area (TPSA) is 45.0 Å². The Morgan fingerprint density at radius 2 is 1.89 bits per heavy atom. The van der Waals surface area contributed by atoms with Crippen LogP contribution in [0.5, 0.6) is 5.75 Å². The summed E-state index contributed by atoms with van der Waals surface area (Å²) in [5.41, 5.74) is 1.23. The number of hydrogen-bond donors (Lipinski definition) is 1. The average Bonchev–Trinajstić information content (AvgIpc) is 2.37. The van der Waals surface area contributed by atoms with Gasteiger partial charge >= 0.3 is 0 Å². The summed E-state index contributed by atoms with van der Waals surface area (Å²) >= 11 is 0. The van der Waals surface area contributed by atoms with Gasteiger partial charge in [0.1, 0.15) is 11.8 Å². The van der Waals surface area contributed by atoms with E-state index < -0.39 is 0 Å². The van der Waals surface area contributed by atoms with Crippen molar-refractivity contribution in [3.8, 4) is 11.8 Å². The molecular weight excluding hydrogens is 224 g/mol. The third-order valence-corrected chi connectivity index (χ3v) is 3.16. The predicted molar refractivity (Wildman–Crippen MR) is 73.3 cm³/mol. The van der Waals surface area contributed by atoms with Gasteiger partial charge in [0.15, 0.2) is 6.61 Å². The molecule has 0 aromatic heterocycles. The van der Waals surface area contributed by atoms with E-state index in [0.717, 1.165) is 18.8 Å². The molecule has 98 valence electrons. The van der Waals surface area contributed by atoms with Crippen LogP contribution in [0.1, 0.15) is 26.3 Å². The molecule has 1 rings (SSSR count). The lowest BCUT2D eigenvalue weighted by molar-refractivity contribution is 0.368. The molecule has 0 saturated carbocycles. The van der Waals surface area contributed by atoms with Crippen molar-refractivity contribution < 1.29 is 4.74 Å². The van der Waals surface area contributed by atoms with Gasteiger partial charge in [0.25, 0.3) is 0 Å². The van der Waals surface area contributed by atoms with Crippen LogP contribution in [0, 0.1) is 23.2 Å². The van der Waals surface area contributed by atoms with Crippen LogP contribution in [0.3, 0.4) is 0 Å². The highest BCUT2D eigenvalue weighted by Gasteiger charge is 2.05. The lowest BCUT2D eigenvalue weighted by atomic mass is 9.98. The fraction of sp³-hybridized carbons (Fsp3) is 0.533. The molecule has 0 fully saturated rings. The SMILES string of the molecule is CC(C)C(C)CNCc1ccc(OCC#N)cc1. The maximum atomic E-state index is 8.41. The van der Waals surface area contributed by atoms with E-state index in [-0.39, 0.29) is 6.61 Å². The standard InChI is InChI=1S/C15H22N2O/c1-12(2)13(3)10-17-11-14-4-6-15(7-5-14)18-9-8-16/h4-7,12-13,17H,9-11H2,1-3H3. The second-order valence-corrected chi connectivity index (χ2v) is 4.94. The molecule has 0 aliphatic rings. The Balaban J connectivity index is 2.33. The van der Waals surface area contributed by atoms with E-state index in [0.29, 0.717) is 11.8 Å². The number of nitrogens with zero attached hydrogens (tertiary/aromatic N) is 1. The van der Waals surface area contributed by atoms with Gasteiger partial charge in [0.2, 0.25) is 0 Å². The van der Waals surface area contributed by atoms with Crippen LogP contribution in [0.15, 0.2) is 24.3 Å². The molecule has 18 heavy (non-hydrogen) atoms. The van der Waals surface area contributed by atoms with Crippen molar-refractivity contribution in [2.45, 2.75) is 27.3 Å². The normalized spacial score (nSPS) is 12.2. The highest BCUT2D eigenvalue weighted by molar-refractivity contribution is 5.27. The molecule has 1 unspecified atom stereocenters. The Hall–Kier alpha value is -1.53. The molecule has 1 aromatic carbocycles. The van der Waals surface area contributed by atoms with Gasteiger partial charge < -0.3 is 10.1 Å². The molecule has 0 amide bonds. The van der Waals surface area contributed by atoms with E-state index in [4.69, 9.17) is 10.00 Å². The van der Waals surface area contributed by atoms with Gasteiger partial charge in [-0.05, 0) is 36.1 Å². The van der Waals surface area contributed by atoms with Crippen LogP contribution in [0.4, 0.5) is 0 Å². The number of ether oxygens (including phenoxy) is 1. The minimum Gasteiger partial charge on any atom is -0.479 e. The number of nitriles is 1. The first-order valence-corrected chi connectivity index (χ1v) is 6.43. The molecule has 0 saturated heterocycles. The van der Waals surface area contributed by atoms with Crippen molar-refractivity contribution in [2.24, 2.45) is 11.8 Å². The first-order chi connectivity index (χ1) is 8.63. The van der Waals surface area contributed by atoms with Crippen molar-refractivity contribution in [3.05, 3.63) is 29.8 Å².